The molecule has 0 saturated heterocycles. The molecule has 0 aliphatic carbocycles. The maximum absolute atomic E-state index is 4.33. The Morgan fingerprint density at radius 1 is 1.38 bits per heavy atom. The van der Waals surface area contributed by atoms with E-state index in [1.807, 2.05) is 36.0 Å². The Hall–Kier alpha value is -1.29. The second-order valence-electron chi connectivity index (χ2n) is 3.66. The van der Waals surface area contributed by atoms with E-state index in [4.69, 9.17) is 0 Å². The van der Waals surface area contributed by atoms with Crippen LogP contribution in [0.15, 0.2) is 41.0 Å². The lowest BCUT2D eigenvalue weighted by atomic mass is 10.3. The molecule has 0 saturated carbocycles. The lowest BCUT2D eigenvalue weighted by Gasteiger charge is -2.06. The number of rotatable bonds is 4. The summed E-state index contributed by atoms with van der Waals surface area (Å²) in [4.78, 5) is 0. The number of hydrogen-bond acceptors (Lipinski definition) is 2. The zero-order valence-corrected chi connectivity index (χ0v) is 10.7. The highest BCUT2D eigenvalue weighted by molar-refractivity contribution is 9.10. The van der Waals surface area contributed by atoms with Gasteiger partial charge in [0.2, 0.25) is 0 Å². The summed E-state index contributed by atoms with van der Waals surface area (Å²) < 4.78 is 3.03. The van der Waals surface area contributed by atoms with Gasteiger partial charge in [0.25, 0.3) is 0 Å². The molecular weight excluding hydrogens is 266 g/mol. The van der Waals surface area contributed by atoms with Crippen LogP contribution in [0, 0.1) is 6.92 Å². The van der Waals surface area contributed by atoms with E-state index in [-0.39, 0.29) is 0 Å². The minimum Gasteiger partial charge on any atom is -0.383 e. The molecule has 0 fully saturated rings. The summed E-state index contributed by atoms with van der Waals surface area (Å²) >= 11 is 3.44. The number of benzene rings is 1. The largest absolute Gasteiger partial charge is 0.383 e. The maximum Gasteiger partial charge on any atom is 0.0593 e. The van der Waals surface area contributed by atoms with Crippen LogP contribution in [0.3, 0.4) is 0 Å². The van der Waals surface area contributed by atoms with Gasteiger partial charge >= 0.3 is 0 Å². The van der Waals surface area contributed by atoms with E-state index in [1.54, 1.807) is 0 Å². The van der Waals surface area contributed by atoms with Crippen molar-refractivity contribution in [2.45, 2.75) is 13.5 Å². The predicted molar refractivity (Wildman–Crippen MR) is 69.6 cm³/mol. The average molecular weight is 280 g/mol. The first-order valence-electron chi connectivity index (χ1n) is 5.23. The van der Waals surface area contributed by atoms with E-state index in [0.29, 0.717) is 0 Å². The van der Waals surface area contributed by atoms with Gasteiger partial charge in [-0.15, -0.1) is 0 Å². The van der Waals surface area contributed by atoms with Crippen molar-refractivity contribution in [1.29, 1.82) is 0 Å². The van der Waals surface area contributed by atoms with Gasteiger partial charge in [0.15, 0.2) is 0 Å². The third-order valence-electron chi connectivity index (χ3n) is 2.27. The minimum absolute atomic E-state index is 0.873. The van der Waals surface area contributed by atoms with Gasteiger partial charge in [-0.1, -0.05) is 22.0 Å². The summed E-state index contributed by atoms with van der Waals surface area (Å²) in [6.07, 6.45) is 2.00. The molecule has 0 bridgehead atoms. The summed E-state index contributed by atoms with van der Waals surface area (Å²) in [5.41, 5.74) is 2.18. The molecule has 0 aliphatic rings. The molecule has 0 aliphatic heterocycles. The van der Waals surface area contributed by atoms with Crippen LogP contribution >= 0.6 is 15.9 Å². The van der Waals surface area contributed by atoms with Crippen LogP contribution < -0.4 is 5.32 Å². The summed E-state index contributed by atoms with van der Waals surface area (Å²) in [6.45, 7) is 3.75. The molecule has 1 aromatic carbocycles. The van der Waals surface area contributed by atoms with Crippen molar-refractivity contribution < 1.29 is 0 Å². The van der Waals surface area contributed by atoms with Crippen molar-refractivity contribution in [2.24, 2.45) is 0 Å². The topological polar surface area (TPSA) is 29.9 Å². The van der Waals surface area contributed by atoms with Crippen LogP contribution in [0.2, 0.25) is 0 Å². The number of halogens is 1. The van der Waals surface area contributed by atoms with E-state index in [1.165, 1.54) is 0 Å². The Morgan fingerprint density at radius 2 is 2.25 bits per heavy atom. The summed E-state index contributed by atoms with van der Waals surface area (Å²) in [5.74, 6) is 0. The summed E-state index contributed by atoms with van der Waals surface area (Å²) in [6, 6.07) is 10.2. The predicted octanol–water partition coefficient (Wildman–Crippen LogP) is 3.07. The van der Waals surface area contributed by atoms with Gasteiger partial charge in [-0.2, -0.15) is 5.10 Å². The van der Waals surface area contributed by atoms with Crippen molar-refractivity contribution >= 4 is 21.6 Å². The van der Waals surface area contributed by atoms with Crippen LogP contribution in [0.1, 0.15) is 5.69 Å². The van der Waals surface area contributed by atoms with E-state index >= 15 is 0 Å². The molecule has 1 heterocycles. The third kappa shape index (κ3) is 3.10. The maximum atomic E-state index is 4.33. The first-order valence-corrected chi connectivity index (χ1v) is 6.03. The van der Waals surface area contributed by atoms with Gasteiger partial charge < -0.3 is 5.32 Å². The molecule has 0 amide bonds. The monoisotopic (exact) mass is 279 g/mol. The lowest BCUT2D eigenvalue weighted by molar-refractivity contribution is 0.632. The van der Waals surface area contributed by atoms with E-state index in [0.717, 1.165) is 28.9 Å². The second-order valence-corrected chi connectivity index (χ2v) is 4.57. The molecule has 3 nitrogen and oxygen atoms in total. The van der Waals surface area contributed by atoms with Crippen molar-refractivity contribution in [3.05, 3.63) is 46.7 Å². The SMILES string of the molecule is Cc1ccn(CCNc2cccc(Br)c2)n1. The van der Waals surface area contributed by atoms with Gasteiger partial charge in [0.1, 0.15) is 0 Å². The molecule has 1 N–H and O–H groups in total. The Bertz CT molecular complexity index is 465. The Balaban J connectivity index is 1.84. The third-order valence-corrected chi connectivity index (χ3v) is 2.76. The number of aromatic nitrogens is 2. The van der Waals surface area contributed by atoms with Crippen molar-refractivity contribution in [2.75, 3.05) is 11.9 Å². The quantitative estimate of drug-likeness (QED) is 0.932. The number of aryl methyl sites for hydroxylation is 1. The molecule has 2 aromatic rings. The molecule has 0 spiro atoms. The van der Waals surface area contributed by atoms with E-state index in [2.05, 4.69) is 38.5 Å². The van der Waals surface area contributed by atoms with Gasteiger partial charge in [-0.25, -0.2) is 0 Å². The molecular formula is C12H14BrN3. The fourth-order valence-corrected chi connectivity index (χ4v) is 1.90. The summed E-state index contributed by atoms with van der Waals surface area (Å²) in [7, 11) is 0. The Kier molecular flexibility index (Phi) is 3.62. The number of nitrogens with zero attached hydrogens (tertiary/aromatic N) is 2. The molecule has 1 aromatic heterocycles. The van der Waals surface area contributed by atoms with Gasteiger partial charge in [-0.05, 0) is 31.2 Å². The van der Waals surface area contributed by atoms with Crippen LogP contribution in [0.4, 0.5) is 5.69 Å². The molecule has 0 radical (unpaired) electrons. The van der Waals surface area contributed by atoms with Crippen LogP contribution in [-0.4, -0.2) is 16.3 Å². The smallest absolute Gasteiger partial charge is 0.0593 e. The molecule has 84 valence electrons. The highest BCUT2D eigenvalue weighted by Crippen LogP contribution is 2.15. The molecule has 4 heteroatoms. The van der Waals surface area contributed by atoms with Crippen molar-refractivity contribution in [3.63, 3.8) is 0 Å². The van der Waals surface area contributed by atoms with E-state index < -0.39 is 0 Å². The standard InChI is InChI=1S/C12H14BrN3/c1-10-5-7-16(15-10)8-6-14-12-4-2-3-11(13)9-12/h2-5,7,9,14H,6,8H2,1H3. The fraction of sp³-hybridized carbons (Fsp3) is 0.250. The molecule has 2 rings (SSSR count). The second kappa shape index (κ2) is 5.16. The number of hydrogen-bond donors (Lipinski definition) is 1. The van der Waals surface area contributed by atoms with Crippen LogP contribution in [-0.2, 0) is 6.54 Å². The van der Waals surface area contributed by atoms with Gasteiger partial charge in [-0.3, -0.25) is 4.68 Å². The van der Waals surface area contributed by atoms with Gasteiger partial charge in [0, 0.05) is 22.9 Å². The van der Waals surface area contributed by atoms with E-state index in [9.17, 15) is 0 Å². The highest BCUT2D eigenvalue weighted by Gasteiger charge is 1.95. The summed E-state index contributed by atoms with van der Waals surface area (Å²) in [5, 5.41) is 7.68. The van der Waals surface area contributed by atoms with Crippen molar-refractivity contribution in [1.82, 2.24) is 9.78 Å². The lowest BCUT2D eigenvalue weighted by Crippen LogP contribution is -2.10. The first kappa shape index (κ1) is 11.2. The Morgan fingerprint density at radius 3 is 2.94 bits per heavy atom. The molecule has 0 atom stereocenters. The number of anilines is 1. The molecule has 16 heavy (non-hydrogen) atoms. The van der Waals surface area contributed by atoms with Crippen molar-refractivity contribution in [3.8, 4) is 0 Å². The zero-order valence-electron chi connectivity index (χ0n) is 9.15. The zero-order chi connectivity index (χ0) is 11.4. The number of nitrogens with one attached hydrogen (secondary N) is 1. The highest BCUT2D eigenvalue weighted by atomic mass is 79.9. The molecule has 0 unspecified atom stereocenters. The normalized spacial score (nSPS) is 10.4. The van der Waals surface area contributed by atoms with Gasteiger partial charge in [0.05, 0.1) is 12.2 Å². The Labute approximate surface area is 104 Å². The fourth-order valence-electron chi connectivity index (χ4n) is 1.50. The minimum atomic E-state index is 0.873. The van der Waals surface area contributed by atoms with Crippen LogP contribution in [0.25, 0.3) is 0 Å². The van der Waals surface area contributed by atoms with Crippen LogP contribution in [0.5, 0.6) is 0 Å². The first-order chi connectivity index (χ1) is 7.74. The average Bonchev–Trinajstić information content (AvgIpc) is 2.64.